The molecule has 0 aromatic heterocycles. The average Bonchev–Trinajstić information content (AvgIpc) is 2.78. The first-order valence-electron chi connectivity index (χ1n) is 9.71. The number of hydrogen-bond acceptors (Lipinski definition) is 5. The van der Waals surface area contributed by atoms with E-state index in [1.54, 1.807) is 55.6 Å². The number of amides is 2. The Morgan fingerprint density at radius 3 is 2.59 bits per heavy atom. The lowest BCUT2D eigenvalue weighted by molar-refractivity contribution is -0.114. The molecule has 0 atom stereocenters. The quantitative estimate of drug-likeness (QED) is 0.385. The number of carbonyl (C=O) groups excluding carboxylic acids is 2. The number of halogens is 1. The Morgan fingerprint density at radius 1 is 1.03 bits per heavy atom. The number of carbonyl (C=O) groups is 2. The Bertz CT molecular complexity index is 1150. The third-order valence-electron chi connectivity index (χ3n) is 4.35. The maximum absolute atomic E-state index is 12.3. The summed E-state index contributed by atoms with van der Waals surface area (Å²) in [6, 6.07) is 19.3. The molecule has 0 aliphatic carbocycles. The average molecular weight is 452 g/mol. The number of hydrogen-bond donors (Lipinski definition) is 2. The molecular weight excluding hydrogens is 430 g/mol. The lowest BCUT2D eigenvalue weighted by Crippen LogP contribution is -2.18. The van der Waals surface area contributed by atoms with Crippen molar-refractivity contribution in [1.82, 2.24) is 5.43 Å². The van der Waals surface area contributed by atoms with Gasteiger partial charge in [0.25, 0.3) is 5.91 Å². The molecule has 8 heteroatoms. The molecular formula is C24H22ClN3O4. The Morgan fingerprint density at radius 2 is 1.84 bits per heavy atom. The number of methoxy groups -OCH3 is 1. The zero-order valence-corrected chi connectivity index (χ0v) is 18.3. The normalized spacial score (nSPS) is 10.6. The minimum absolute atomic E-state index is 0.214. The molecule has 32 heavy (non-hydrogen) atoms. The molecule has 3 rings (SSSR count). The van der Waals surface area contributed by atoms with Gasteiger partial charge in [-0.15, -0.1) is 0 Å². The lowest BCUT2D eigenvalue weighted by Gasteiger charge is -2.12. The molecule has 2 amide bonds. The van der Waals surface area contributed by atoms with Crippen molar-refractivity contribution < 1.29 is 19.1 Å². The van der Waals surface area contributed by atoms with Crippen molar-refractivity contribution in [3.8, 4) is 11.5 Å². The van der Waals surface area contributed by atoms with Gasteiger partial charge in [-0.25, -0.2) is 5.43 Å². The van der Waals surface area contributed by atoms with Gasteiger partial charge in [0.2, 0.25) is 5.91 Å². The van der Waals surface area contributed by atoms with Crippen LogP contribution in [0, 0.1) is 0 Å². The predicted octanol–water partition coefficient (Wildman–Crippen LogP) is 4.65. The second kappa shape index (κ2) is 11.0. The molecule has 0 aliphatic heterocycles. The van der Waals surface area contributed by atoms with E-state index in [0.29, 0.717) is 39.9 Å². The van der Waals surface area contributed by atoms with Gasteiger partial charge in [-0.2, -0.15) is 5.10 Å². The van der Waals surface area contributed by atoms with Gasteiger partial charge in [0.15, 0.2) is 11.5 Å². The van der Waals surface area contributed by atoms with Crippen molar-refractivity contribution >= 4 is 35.3 Å². The first-order valence-corrected chi connectivity index (χ1v) is 10.1. The molecule has 0 radical (unpaired) electrons. The highest BCUT2D eigenvalue weighted by Gasteiger charge is 2.08. The third-order valence-corrected chi connectivity index (χ3v) is 4.72. The van der Waals surface area contributed by atoms with Crippen LogP contribution in [0.1, 0.15) is 28.4 Å². The molecule has 0 aliphatic rings. The van der Waals surface area contributed by atoms with E-state index in [9.17, 15) is 9.59 Å². The molecule has 2 N–H and O–H groups in total. The summed E-state index contributed by atoms with van der Waals surface area (Å²) in [4.78, 5) is 23.5. The minimum atomic E-state index is -0.403. The van der Waals surface area contributed by atoms with Gasteiger partial charge in [0.1, 0.15) is 6.61 Å². The molecule has 0 saturated carbocycles. The third kappa shape index (κ3) is 6.33. The highest BCUT2D eigenvalue weighted by Crippen LogP contribution is 2.29. The summed E-state index contributed by atoms with van der Waals surface area (Å²) in [6.45, 7) is 1.70. The SMILES string of the molecule is COc1cc(C=NNC(=O)c2cccc(NC(C)=O)c2)ccc1OCc1ccccc1Cl. The van der Waals surface area contributed by atoms with Gasteiger partial charge < -0.3 is 14.8 Å². The van der Waals surface area contributed by atoms with E-state index < -0.39 is 5.91 Å². The van der Waals surface area contributed by atoms with Crippen molar-refractivity contribution in [2.45, 2.75) is 13.5 Å². The minimum Gasteiger partial charge on any atom is -0.493 e. The second-order valence-corrected chi connectivity index (χ2v) is 7.16. The zero-order valence-electron chi connectivity index (χ0n) is 17.6. The maximum atomic E-state index is 12.3. The molecule has 7 nitrogen and oxygen atoms in total. The summed E-state index contributed by atoms with van der Waals surface area (Å²) in [6.07, 6.45) is 1.50. The standard InChI is InChI=1S/C24H22ClN3O4/c1-16(29)27-20-8-5-7-18(13-20)24(30)28-26-14-17-10-11-22(23(12-17)31-2)32-15-19-6-3-4-9-21(19)25/h3-14H,15H2,1-2H3,(H,27,29)(H,28,30). The van der Waals surface area contributed by atoms with Crippen LogP contribution in [0.4, 0.5) is 5.69 Å². The Labute approximate surface area is 191 Å². The van der Waals surface area contributed by atoms with Crippen LogP contribution < -0.4 is 20.2 Å². The van der Waals surface area contributed by atoms with E-state index in [0.717, 1.165) is 5.56 Å². The van der Waals surface area contributed by atoms with Crippen molar-refractivity contribution in [3.63, 3.8) is 0 Å². The summed E-state index contributed by atoms with van der Waals surface area (Å²) < 4.78 is 11.2. The maximum Gasteiger partial charge on any atom is 0.271 e. The number of nitrogens with zero attached hydrogens (tertiary/aromatic N) is 1. The summed E-state index contributed by atoms with van der Waals surface area (Å²) in [5.41, 5.74) is 4.94. The number of rotatable bonds is 8. The zero-order chi connectivity index (χ0) is 22.9. The molecule has 0 saturated heterocycles. The van der Waals surface area contributed by atoms with Gasteiger partial charge in [-0.05, 0) is 48.0 Å². The van der Waals surface area contributed by atoms with E-state index >= 15 is 0 Å². The van der Waals surface area contributed by atoms with Crippen LogP contribution in [-0.2, 0) is 11.4 Å². The van der Waals surface area contributed by atoms with Crippen LogP contribution >= 0.6 is 11.6 Å². The van der Waals surface area contributed by atoms with Crippen LogP contribution in [0.3, 0.4) is 0 Å². The summed E-state index contributed by atoms with van der Waals surface area (Å²) in [7, 11) is 1.54. The first-order chi connectivity index (χ1) is 15.5. The predicted molar refractivity (Wildman–Crippen MR) is 125 cm³/mol. The highest BCUT2D eigenvalue weighted by atomic mass is 35.5. The van der Waals surface area contributed by atoms with Crippen LogP contribution in [0.5, 0.6) is 11.5 Å². The van der Waals surface area contributed by atoms with Crippen molar-refractivity contribution in [3.05, 3.63) is 88.4 Å². The molecule has 3 aromatic rings. The van der Waals surface area contributed by atoms with Crippen molar-refractivity contribution in [2.75, 3.05) is 12.4 Å². The van der Waals surface area contributed by atoms with E-state index in [2.05, 4.69) is 15.8 Å². The van der Waals surface area contributed by atoms with Gasteiger partial charge >= 0.3 is 0 Å². The molecule has 0 unspecified atom stereocenters. The second-order valence-electron chi connectivity index (χ2n) is 6.75. The van der Waals surface area contributed by atoms with Gasteiger partial charge in [0, 0.05) is 28.8 Å². The molecule has 0 fully saturated rings. The summed E-state index contributed by atoms with van der Waals surface area (Å²) in [5, 5.41) is 7.26. The fourth-order valence-electron chi connectivity index (χ4n) is 2.83. The molecule has 0 heterocycles. The fourth-order valence-corrected chi connectivity index (χ4v) is 3.02. The van der Waals surface area contributed by atoms with Gasteiger partial charge in [0.05, 0.1) is 13.3 Å². The van der Waals surface area contributed by atoms with Crippen LogP contribution in [0.2, 0.25) is 5.02 Å². The lowest BCUT2D eigenvalue weighted by atomic mass is 10.2. The van der Waals surface area contributed by atoms with Crippen LogP contribution in [-0.4, -0.2) is 25.1 Å². The Hall–Kier alpha value is -3.84. The number of nitrogens with one attached hydrogen (secondary N) is 2. The number of benzene rings is 3. The monoisotopic (exact) mass is 451 g/mol. The highest BCUT2D eigenvalue weighted by molar-refractivity contribution is 6.31. The first kappa shape index (κ1) is 22.8. The molecule has 3 aromatic carbocycles. The Kier molecular flexibility index (Phi) is 7.83. The summed E-state index contributed by atoms with van der Waals surface area (Å²) in [5.74, 6) is 0.465. The summed E-state index contributed by atoms with van der Waals surface area (Å²) >= 11 is 6.17. The van der Waals surface area contributed by atoms with E-state index in [1.807, 2.05) is 18.2 Å². The van der Waals surface area contributed by atoms with Crippen molar-refractivity contribution in [2.24, 2.45) is 5.10 Å². The molecule has 164 valence electrons. The van der Waals surface area contributed by atoms with Gasteiger partial charge in [-0.3, -0.25) is 9.59 Å². The molecule has 0 spiro atoms. The van der Waals surface area contributed by atoms with Crippen molar-refractivity contribution in [1.29, 1.82) is 0 Å². The van der Waals surface area contributed by atoms with E-state index in [1.165, 1.54) is 13.1 Å². The van der Waals surface area contributed by atoms with Gasteiger partial charge in [-0.1, -0.05) is 35.9 Å². The molecule has 0 bridgehead atoms. The number of hydrazone groups is 1. The number of anilines is 1. The topological polar surface area (TPSA) is 89.0 Å². The smallest absolute Gasteiger partial charge is 0.271 e. The van der Waals surface area contributed by atoms with Crippen LogP contribution in [0.15, 0.2) is 71.8 Å². The van der Waals surface area contributed by atoms with Crippen LogP contribution in [0.25, 0.3) is 0 Å². The fraction of sp³-hybridized carbons (Fsp3) is 0.125. The van der Waals surface area contributed by atoms with E-state index in [4.69, 9.17) is 21.1 Å². The number of ether oxygens (including phenoxy) is 2. The largest absolute Gasteiger partial charge is 0.493 e. The Balaban J connectivity index is 1.63. The van der Waals surface area contributed by atoms with E-state index in [-0.39, 0.29) is 5.91 Å².